The third-order valence-corrected chi connectivity index (χ3v) is 20.6. The molecule has 0 rings (SSSR count). The normalized spacial score (nSPS) is 11.7. The second-order valence-electron chi connectivity index (χ2n) is 14.9. The van der Waals surface area contributed by atoms with Crippen LogP contribution in [0, 0.1) is 0 Å². The van der Waals surface area contributed by atoms with Gasteiger partial charge in [-0.25, -0.2) is 0 Å². The summed E-state index contributed by atoms with van der Waals surface area (Å²) >= 11 is -3.46. The van der Waals surface area contributed by atoms with Crippen LogP contribution < -0.4 is 0 Å². The Kier molecular flexibility index (Phi) is 39.8. The van der Waals surface area contributed by atoms with Gasteiger partial charge in [-0.3, -0.25) is 0 Å². The third kappa shape index (κ3) is 40.9. The monoisotopic (exact) mass is 840 g/mol. The van der Waals surface area contributed by atoms with Crippen LogP contribution in [0.3, 0.4) is 0 Å². The van der Waals surface area contributed by atoms with Crippen LogP contribution in [-0.4, -0.2) is 41.3 Å². The van der Waals surface area contributed by atoms with Gasteiger partial charge in [0.1, 0.15) is 0 Å². The van der Waals surface area contributed by atoms with Gasteiger partial charge in [-0.2, -0.15) is 0 Å². The number of hydrogen-bond acceptors (Lipinski definition) is 4. The van der Waals surface area contributed by atoms with Crippen LogP contribution in [0.15, 0.2) is 0 Å². The Morgan fingerprint density at radius 1 is 0.367 bits per heavy atom. The van der Waals surface area contributed by atoms with Crippen LogP contribution in [0.25, 0.3) is 0 Å². The Bertz CT molecular complexity index is 650. The number of esters is 2. The number of rotatable bonds is 40. The molecular formula is C42H82Cl2O4Sn. The van der Waals surface area contributed by atoms with Gasteiger partial charge >= 0.3 is 190 Å². The van der Waals surface area contributed by atoms with Crippen LogP contribution in [0.5, 0.6) is 0 Å². The Morgan fingerprint density at radius 2 is 0.571 bits per heavy atom. The molecule has 0 amide bonds. The minimum absolute atomic E-state index is 0.214. The van der Waals surface area contributed by atoms with Crippen LogP contribution in [0.2, 0.25) is 8.87 Å². The Labute approximate surface area is 317 Å². The van der Waals surface area contributed by atoms with E-state index in [0.717, 1.165) is 25.7 Å². The van der Waals surface area contributed by atoms with E-state index >= 15 is 0 Å². The summed E-state index contributed by atoms with van der Waals surface area (Å²) in [7, 11) is 13.2. The molecule has 0 aliphatic carbocycles. The maximum absolute atomic E-state index is 12.2. The average molecular weight is 841 g/mol. The number of carbonyl (C=O) groups is 2. The Balaban J connectivity index is 3.47. The van der Waals surface area contributed by atoms with Crippen LogP contribution >= 0.6 is 17.8 Å². The topological polar surface area (TPSA) is 52.6 Å². The van der Waals surface area contributed by atoms with Crippen LogP contribution in [0.1, 0.15) is 232 Å². The fraction of sp³-hybridized carbons (Fsp3) is 0.952. The van der Waals surface area contributed by atoms with E-state index in [4.69, 9.17) is 27.3 Å². The molecule has 0 saturated carbocycles. The SMILES string of the molecule is CCCCCCCCCCCCCCCCCCOC(=O)C[CH2][Sn]([Cl])([Cl])[CH2]CC(=O)OCCCCCCCCCCCCCCCCCC. The second kappa shape index (κ2) is 39.5. The van der Waals surface area contributed by atoms with E-state index in [1.807, 2.05) is 0 Å². The van der Waals surface area contributed by atoms with Crippen molar-refractivity contribution in [2.75, 3.05) is 13.2 Å². The predicted octanol–water partition coefficient (Wildman–Crippen LogP) is 15.3. The summed E-state index contributed by atoms with van der Waals surface area (Å²) in [4.78, 5) is 24.3. The molecule has 0 atom stereocenters. The smallest absolute Gasteiger partial charge is 0.0654 e. The number of halogens is 2. The minimum Gasteiger partial charge on any atom is -0.0654 e. The molecule has 0 spiro atoms. The van der Waals surface area contributed by atoms with Crippen LogP contribution in [0.4, 0.5) is 0 Å². The molecule has 0 aliphatic heterocycles. The summed E-state index contributed by atoms with van der Waals surface area (Å²) in [6, 6.07) is 0. The summed E-state index contributed by atoms with van der Waals surface area (Å²) in [5.74, 6) is -0.427. The standard InChI is InChI=1S/2C21H41O2.2ClH.Sn/c2*1-3-5-6-7-8-9-10-11-12-13-14-15-16-17-18-19-20-23-21(22)4-2;;;/h2*2-20H2,1H3;2*1H;/q;;;;+2/p-2. The van der Waals surface area contributed by atoms with Crippen molar-refractivity contribution in [1.82, 2.24) is 0 Å². The average Bonchev–Trinajstić information content (AvgIpc) is 3.09. The van der Waals surface area contributed by atoms with Gasteiger partial charge in [0.2, 0.25) is 0 Å². The van der Waals surface area contributed by atoms with Crippen molar-refractivity contribution in [3.8, 4) is 0 Å². The van der Waals surface area contributed by atoms with E-state index in [0.29, 0.717) is 22.1 Å². The molecule has 0 aromatic heterocycles. The first kappa shape index (κ1) is 49.3. The van der Waals surface area contributed by atoms with E-state index in [1.54, 1.807) is 0 Å². The molecule has 49 heavy (non-hydrogen) atoms. The van der Waals surface area contributed by atoms with Gasteiger partial charge in [0.25, 0.3) is 0 Å². The van der Waals surface area contributed by atoms with Crippen LogP contribution in [-0.2, 0) is 19.1 Å². The molecule has 0 radical (unpaired) electrons. The van der Waals surface area contributed by atoms with Gasteiger partial charge in [-0.15, -0.1) is 0 Å². The third-order valence-electron chi connectivity index (χ3n) is 9.91. The molecule has 7 heteroatoms. The van der Waals surface area contributed by atoms with Crippen molar-refractivity contribution in [2.24, 2.45) is 0 Å². The first-order valence-electron chi connectivity index (χ1n) is 21.6. The molecule has 0 aromatic carbocycles. The van der Waals surface area contributed by atoms with Crippen molar-refractivity contribution in [3.63, 3.8) is 0 Å². The predicted molar refractivity (Wildman–Crippen MR) is 217 cm³/mol. The van der Waals surface area contributed by atoms with Gasteiger partial charge < -0.3 is 0 Å². The van der Waals surface area contributed by atoms with Crippen molar-refractivity contribution < 1.29 is 19.1 Å². The number of ether oxygens (including phenoxy) is 2. The van der Waals surface area contributed by atoms with Crippen molar-refractivity contribution >= 4 is 45.9 Å². The summed E-state index contributed by atoms with van der Waals surface area (Å²) in [6.07, 6.45) is 43.0. The van der Waals surface area contributed by atoms with E-state index in [9.17, 15) is 9.59 Å². The van der Waals surface area contributed by atoms with Gasteiger partial charge in [0.05, 0.1) is 0 Å². The van der Waals surface area contributed by atoms with E-state index < -0.39 is 16.1 Å². The second-order valence-corrected chi connectivity index (χ2v) is 33.6. The number of unbranched alkanes of at least 4 members (excludes halogenated alkanes) is 30. The molecule has 0 saturated heterocycles. The van der Waals surface area contributed by atoms with Gasteiger partial charge in [-0.1, -0.05) is 129 Å². The summed E-state index contributed by atoms with van der Waals surface area (Å²) < 4.78 is 11.8. The molecule has 0 aromatic rings. The zero-order chi connectivity index (χ0) is 35.9. The van der Waals surface area contributed by atoms with E-state index in [2.05, 4.69) is 13.8 Å². The Hall–Kier alpha value is 0.319. The van der Waals surface area contributed by atoms with Gasteiger partial charge in [0.15, 0.2) is 0 Å². The Morgan fingerprint density at radius 3 is 0.796 bits per heavy atom. The summed E-state index contributed by atoms with van der Waals surface area (Å²) in [6.45, 7) is 5.52. The quantitative estimate of drug-likeness (QED) is 0.0350. The molecule has 0 unspecified atom stereocenters. The first-order chi connectivity index (χ1) is 23.9. The molecule has 0 bridgehead atoms. The fourth-order valence-electron chi connectivity index (χ4n) is 6.51. The molecule has 0 heterocycles. The molecule has 0 aliphatic rings. The molecule has 292 valence electrons. The zero-order valence-electron chi connectivity index (χ0n) is 32.8. The maximum atomic E-state index is 12.2. The molecule has 0 fully saturated rings. The minimum atomic E-state index is -3.46. The summed E-state index contributed by atoms with van der Waals surface area (Å²) in [5.41, 5.74) is 0. The van der Waals surface area contributed by atoms with Crippen molar-refractivity contribution in [3.05, 3.63) is 0 Å². The number of carbonyl (C=O) groups excluding carboxylic acids is 2. The van der Waals surface area contributed by atoms with E-state index in [1.165, 1.54) is 180 Å². The van der Waals surface area contributed by atoms with Gasteiger partial charge in [-0.05, 0) is 0 Å². The summed E-state index contributed by atoms with van der Waals surface area (Å²) in [5, 5.41) is 0. The number of hydrogen-bond donors (Lipinski definition) is 0. The van der Waals surface area contributed by atoms with Gasteiger partial charge in [0, 0.05) is 0 Å². The van der Waals surface area contributed by atoms with Crippen molar-refractivity contribution in [1.29, 1.82) is 0 Å². The fourth-order valence-corrected chi connectivity index (χ4v) is 13.0. The first-order valence-corrected chi connectivity index (χ1v) is 32.9. The van der Waals surface area contributed by atoms with Crippen molar-refractivity contribution in [2.45, 2.75) is 241 Å². The van der Waals surface area contributed by atoms with E-state index in [-0.39, 0.29) is 24.8 Å². The molecule has 4 nitrogen and oxygen atoms in total. The zero-order valence-corrected chi connectivity index (χ0v) is 37.1. The molecular weight excluding hydrogens is 758 g/mol. The molecule has 0 N–H and O–H groups in total.